The van der Waals surface area contributed by atoms with E-state index in [0.29, 0.717) is 13.2 Å². The van der Waals surface area contributed by atoms with Crippen LogP contribution in [0.15, 0.2) is 28.8 Å². The van der Waals surface area contributed by atoms with Gasteiger partial charge in [0.05, 0.1) is 4.92 Å². The fourth-order valence-electron chi connectivity index (χ4n) is 2.19. The number of nitro groups is 1. The highest BCUT2D eigenvalue weighted by Crippen LogP contribution is 2.25. The molecule has 0 aliphatic heterocycles. The third kappa shape index (κ3) is 4.27. The molecule has 0 aliphatic rings. The zero-order valence-electron chi connectivity index (χ0n) is 13.9. The minimum absolute atomic E-state index is 0.115. The zero-order valence-corrected chi connectivity index (χ0v) is 13.9. The van der Waals surface area contributed by atoms with E-state index in [1.54, 1.807) is 6.08 Å². The average molecular weight is 332 g/mol. The first-order chi connectivity index (χ1) is 11.6. The summed E-state index contributed by atoms with van der Waals surface area (Å²) in [6, 6.07) is 7.56. The molecular weight excluding hydrogens is 312 g/mol. The molecule has 24 heavy (non-hydrogen) atoms. The predicted octanol–water partition coefficient (Wildman–Crippen LogP) is 4.13. The molecule has 2 rings (SSSR count). The Kier molecular flexibility index (Phi) is 6.22. The standard InChI is InChI=1S/C17H20N2O5/c1-4-22-17(23-5-2)14-9-6-13(7-10-14)8-11-15-16(19(20)21)12(3)18-24-15/h6-11,17H,4-5H2,1-3H3/b11-8+. The van der Waals surface area contributed by atoms with E-state index in [9.17, 15) is 10.1 Å². The smallest absolute Gasteiger partial charge is 0.338 e. The molecule has 0 saturated carbocycles. The number of aryl methyl sites for hydroxylation is 1. The third-order valence-electron chi connectivity index (χ3n) is 3.31. The van der Waals surface area contributed by atoms with Crippen LogP contribution in [0.3, 0.4) is 0 Å². The van der Waals surface area contributed by atoms with Gasteiger partial charge in [-0.3, -0.25) is 10.1 Å². The first-order valence-electron chi connectivity index (χ1n) is 7.68. The van der Waals surface area contributed by atoms with Crippen LogP contribution < -0.4 is 0 Å². The van der Waals surface area contributed by atoms with E-state index in [0.717, 1.165) is 11.1 Å². The summed E-state index contributed by atoms with van der Waals surface area (Å²) in [7, 11) is 0. The molecule has 0 fully saturated rings. The summed E-state index contributed by atoms with van der Waals surface area (Å²) >= 11 is 0. The Morgan fingerprint density at radius 1 is 1.21 bits per heavy atom. The van der Waals surface area contributed by atoms with Gasteiger partial charge in [-0.1, -0.05) is 35.5 Å². The molecule has 0 N–H and O–H groups in total. The number of aromatic nitrogens is 1. The highest BCUT2D eigenvalue weighted by molar-refractivity contribution is 5.71. The van der Waals surface area contributed by atoms with Crippen molar-refractivity contribution < 1.29 is 18.9 Å². The molecule has 0 amide bonds. The second-order valence-corrected chi connectivity index (χ2v) is 4.98. The SMILES string of the molecule is CCOC(OCC)c1ccc(/C=C/c2onc(C)c2[N+](=O)[O-])cc1. The van der Waals surface area contributed by atoms with Crippen molar-refractivity contribution in [2.45, 2.75) is 27.1 Å². The van der Waals surface area contributed by atoms with Crippen LogP contribution in [0.1, 0.15) is 42.7 Å². The van der Waals surface area contributed by atoms with Gasteiger partial charge in [0, 0.05) is 18.8 Å². The van der Waals surface area contributed by atoms with Gasteiger partial charge in [-0.25, -0.2) is 0 Å². The number of hydrogen-bond acceptors (Lipinski definition) is 6. The Morgan fingerprint density at radius 3 is 2.38 bits per heavy atom. The van der Waals surface area contributed by atoms with Crippen LogP contribution in [-0.4, -0.2) is 23.3 Å². The maximum atomic E-state index is 11.0. The van der Waals surface area contributed by atoms with Crippen LogP contribution in [0, 0.1) is 17.0 Å². The highest BCUT2D eigenvalue weighted by atomic mass is 16.7. The van der Waals surface area contributed by atoms with Crippen LogP contribution in [0.4, 0.5) is 5.69 Å². The lowest BCUT2D eigenvalue weighted by Crippen LogP contribution is -2.08. The van der Waals surface area contributed by atoms with Crippen LogP contribution in [0.5, 0.6) is 0 Å². The summed E-state index contributed by atoms with van der Waals surface area (Å²) in [5.74, 6) is 0.128. The second kappa shape index (κ2) is 8.37. The van der Waals surface area contributed by atoms with Gasteiger partial charge in [-0.15, -0.1) is 0 Å². The Morgan fingerprint density at radius 2 is 1.83 bits per heavy atom. The molecule has 0 aliphatic carbocycles. The molecule has 0 saturated heterocycles. The van der Waals surface area contributed by atoms with E-state index in [-0.39, 0.29) is 17.1 Å². The lowest BCUT2D eigenvalue weighted by molar-refractivity contribution is -0.386. The molecule has 128 valence electrons. The van der Waals surface area contributed by atoms with E-state index in [1.807, 2.05) is 38.1 Å². The Balaban J connectivity index is 2.15. The molecular formula is C17H20N2O5. The Hall–Kier alpha value is -2.51. The molecule has 1 heterocycles. The molecule has 0 unspecified atom stereocenters. The maximum absolute atomic E-state index is 11.0. The number of ether oxygens (including phenoxy) is 2. The normalized spacial score (nSPS) is 11.5. The minimum atomic E-state index is -0.497. The number of hydrogen-bond donors (Lipinski definition) is 0. The molecule has 0 atom stereocenters. The summed E-state index contributed by atoms with van der Waals surface area (Å²) in [5, 5.41) is 14.6. The quantitative estimate of drug-likeness (QED) is 0.410. The summed E-state index contributed by atoms with van der Waals surface area (Å²) in [4.78, 5) is 10.5. The van der Waals surface area contributed by atoms with E-state index in [1.165, 1.54) is 13.0 Å². The van der Waals surface area contributed by atoms with Crippen LogP contribution >= 0.6 is 0 Å². The fourth-order valence-corrected chi connectivity index (χ4v) is 2.19. The maximum Gasteiger partial charge on any atom is 0.338 e. The second-order valence-electron chi connectivity index (χ2n) is 4.98. The molecule has 2 aromatic rings. The van der Waals surface area contributed by atoms with Crippen molar-refractivity contribution >= 4 is 17.8 Å². The first-order valence-corrected chi connectivity index (χ1v) is 7.68. The highest BCUT2D eigenvalue weighted by Gasteiger charge is 2.21. The molecule has 1 aromatic carbocycles. The van der Waals surface area contributed by atoms with E-state index < -0.39 is 11.2 Å². The van der Waals surface area contributed by atoms with Crippen molar-refractivity contribution in [2.75, 3.05) is 13.2 Å². The Bertz CT molecular complexity index is 700. The zero-order chi connectivity index (χ0) is 17.5. The van der Waals surface area contributed by atoms with Gasteiger partial charge in [-0.2, -0.15) is 0 Å². The van der Waals surface area contributed by atoms with Gasteiger partial charge in [0.25, 0.3) is 0 Å². The van der Waals surface area contributed by atoms with Crippen LogP contribution in [0.2, 0.25) is 0 Å². The summed E-state index contributed by atoms with van der Waals surface area (Å²) < 4.78 is 16.1. The molecule has 0 bridgehead atoms. The van der Waals surface area contributed by atoms with Crippen molar-refractivity contribution in [3.8, 4) is 0 Å². The molecule has 7 nitrogen and oxygen atoms in total. The fraction of sp³-hybridized carbons (Fsp3) is 0.353. The largest absolute Gasteiger partial charge is 0.349 e. The average Bonchev–Trinajstić information content (AvgIpc) is 2.94. The van der Waals surface area contributed by atoms with Crippen molar-refractivity contribution in [1.82, 2.24) is 5.16 Å². The van der Waals surface area contributed by atoms with Crippen molar-refractivity contribution in [1.29, 1.82) is 0 Å². The van der Waals surface area contributed by atoms with E-state index in [2.05, 4.69) is 5.16 Å². The van der Waals surface area contributed by atoms with Crippen molar-refractivity contribution in [3.05, 3.63) is 57.0 Å². The minimum Gasteiger partial charge on any atom is -0.349 e. The summed E-state index contributed by atoms with van der Waals surface area (Å²) in [5.41, 5.74) is 1.92. The molecule has 0 spiro atoms. The van der Waals surface area contributed by atoms with Gasteiger partial charge in [-0.05, 0) is 32.4 Å². The number of benzene rings is 1. The van der Waals surface area contributed by atoms with E-state index in [4.69, 9.17) is 14.0 Å². The first kappa shape index (κ1) is 17.8. The van der Waals surface area contributed by atoms with Gasteiger partial charge < -0.3 is 14.0 Å². The van der Waals surface area contributed by atoms with Crippen molar-refractivity contribution in [2.24, 2.45) is 0 Å². The lowest BCUT2D eigenvalue weighted by atomic mass is 10.1. The van der Waals surface area contributed by atoms with Gasteiger partial charge in [0.2, 0.25) is 5.76 Å². The van der Waals surface area contributed by atoms with Gasteiger partial charge in [0.1, 0.15) is 0 Å². The number of rotatable bonds is 8. The molecule has 7 heteroatoms. The molecule has 0 radical (unpaired) electrons. The predicted molar refractivity (Wildman–Crippen MR) is 89.3 cm³/mol. The van der Waals surface area contributed by atoms with E-state index >= 15 is 0 Å². The summed E-state index contributed by atoms with van der Waals surface area (Å²) in [6.45, 7) is 6.47. The van der Waals surface area contributed by atoms with Crippen LogP contribution in [-0.2, 0) is 9.47 Å². The monoisotopic (exact) mass is 332 g/mol. The Labute approximate surface area is 140 Å². The van der Waals surface area contributed by atoms with Crippen LogP contribution in [0.25, 0.3) is 12.2 Å². The third-order valence-corrected chi connectivity index (χ3v) is 3.31. The van der Waals surface area contributed by atoms with Gasteiger partial charge in [0.15, 0.2) is 12.0 Å². The van der Waals surface area contributed by atoms with Gasteiger partial charge >= 0.3 is 5.69 Å². The number of nitrogens with zero attached hydrogens (tertiary/aromatic N) is 2. The topological polar surface area (TPSA) is 87.6 Å². The molecule has 1 aromatic heterocycles. The lowest BCUT2D eigenvalue weighted by Gasteiger charge is -2.17. The van der Waals surface area contributed by atoms with Crippen molar-refractivity contribution in [3.63, 3.8) is 0 Å². The summed E-state index contributed by atoms with van der Waals surface area (Å²) in [6.07, 6.45) is 2.87.